The molecule has 4 heterocycles. The van der Waals surface area contributed by atoms with Crippen molar-refractivity contribution in [2.75, 3.05) is 55.3 Å². The minimum atomic E-state index is -3.25. The first-order valence-corrected chi connectivity index (χ1v) is 16.9. The van der Waals surface area contributed by atoms with Gasteiger partial charge in [-0.1, -0.05) is 13.8 Å². The van der Waals surface area contributed by atoms with Gasteiger partial charge in [0, 0.05) is 42.8 Å². The molecule has 11 heteroatoms. The fourth-order valence-corrected chi connectivity index (χ4v) is 6.67. The molecule has 1 aliphatic rings. The second kappa shape index (κ2) is 11.0. The molecule has 1 fully saturated rings. The molecule has 36 heavy (non-hydrogen) atoms. The minimum Gasteiger partial charge on any atom is -0.365 e. The van der Waals surface area contributed by atoms with Crippen molar-refractivity contribution in [3.63, 3.8) is 0 Å². The van der Waals surface area contributed by atoms with E-state index >= 15 is 0 Å². The van der Waals surface area contributed by atoms with Gasteiger partial charge < -0.3 is 14.6 Å². The van der Waals surface area contributed by atoms with Crippen LogP contribution in [0.1, 0.15) is 20.3 Å². The van der Waals surface area contributed by atoms with Crippen molar-refractivity contribution in [2.45, 2.75) is 33.0 Å². The zero-order valence-electron chi connectivity index (χ0n) is 21.8. The highest BCUT2D eigenvalue weighted by Gasteiger charge is 2.32. The Balaban J connectivity index is 1.46. The third kappa shape index (κ3) is 6.76. The van der Waals surface area contributed by atoms with Crippen molar-refractivity contribution in [3.05, 3.63) is 36.8 Å². The van der Waals surface area contributed by atoms with E-state index in [0.29, 0.717) is 25.6 Å². The van der Waals surface area contributed by atoms with Crippen LogP contribution in [-0.4, -0.2) is 88.3 Å². The van der Waals surface area contributed by atoms with Gasteiger partial charge in [-0.15, -0.1) is 0 Å². The predicted molar refractivity (Wildman–Crippen MR) is 149 cm³/mol. The fraction of sp³-hybridized carbons (Fsp3) is 0.560. The number of anilines is 1. The second-order valence-corrected chi connectivity index (χ2v) is 17.2. The van der Waals surface area contributed by atoms with E-state index in [1.54, 1.807) is 16.7 Å². The van der Waals surface area contributed by atoms with Crippen LogP contribution in [0.5, 0.6) is 0 Å². The minimum absolute atomic E-state index is 0.00885. The number of ether oxygens (including phenoxy) is 1. The largest absolute Gasteiger partial charge is 0.365 e. The van der Waals surface area contributed by atoms with Crippen molar-refractivity contribution in [1.29, 1.82) is 0 Å². The van der Waals surface area contributed by atoms with E-state index in [2.05, 4.69) is 34.1 Å². The summed E-state index contributed by atoms with van der Waals surface area (Å²) < 4.78 is 34.7. The molecule has 0 spiro atoms. The van der Waals surface area contributed by atoms with Gasteiger partial charge >= 0.3 is 0 Å². The van der Waals surface area contributed by atoms with Crippen molar-refractivity contribution in [2.24, 2.45) is 5.92 Å². The molecule has 9 nitrogen and oxygen atoms in total. The molecule has 3 aromatic rings. The molecule has 198 valence electrons. The number of nitrogens with zero attached hydrogens (tertiary/aromatic N) is 5. The Hall–Kier alpha value is -2.21. The summed E-state index contributed by atoms with van der Waals surface area (Å²) in [7, 11) is -3.82. The Labute approximate surface area is 216 Å². The van der Waals surface area contributed by atoms with Gasteiger partial charge in [0.2, 0.25) is 10.0 Å². The zero-order valence-corrected chi connectivity index (χ0v) is 23.5. The maximum absolute atomic E-state index is 12.6. The van der Waals surface area contributed by atoms with Gasteiger partial charge in [-0.3, -0.25) is 0 Å². The number of sulfonamides is 1. The lowest BCUT2D eigenvalue weighted by molar-refractivity contribution is 0.0923. The Morgan fingerprint density at radius 2 is 2.00 bits per heavy atom. The van der Waals surface area contributed by atoms with E-state index in [9.17, 15) is 8.42 Å². The number of hydrogen-bond acceptors (Lipinski definition) is 7. The molecule has 0 radical (unpaired) electrons. The van der Waals surface area contributed by atoms with E-state index in [1.807, 2.05) is 42.8 Å². The van der Waals surface area contributed by atoms with E-state index in [-0.39, 0.29) is 17.7 Å². The summed E-state index contributed by atoms with van der Waals surface area (Å²) in [5.41, 5.74) is 3.13. The summed E-state index contributed by atoms with van der Waals surface area (Å²) in [6, 6.07) is 5.77. The van der Waals surface area contributed by atoms with Crippen LogP contribution in [0.25, 0.3) is 22.4 Å². The Morgan fingerprint density at radius 1 is 1.19 bits per heavy atom. The lowest BCUT2D eigenvalue weighted by atomic mass is 10.1. The second-order valence-electron chi connectivity index (χ2n) is 10.6. The summed E-state index contributed by atoms with van der Waals surface area (Å²) in [5.74, 6) is 2.03. The van der Waals surface area contributed by atoms with Crippen LogP contribution >= 0.6 is 10.0 Å². The quantitative estimate of drug-likeness (QED) is 0.375. The molecule has 1 N–H and O–H groups in total. The van der Waals surface area contributed by atoms with Crippen LogP contribution in [0, 0.1) is 5.92 Å². The lowest BCUT2D eigenvalue weighted by Gasteiger charge is -2.24. The molecule has 3 aromatic heterocycles. The van der Waals surface area contributed by atoms with Gasteiger partial charge in [-0.25, -0.2) is 33.4 Å². The first-order valence-electron chi connectivity index (χ1n) is 12.3. The Bertz CT molecular complexity index is 1290. The average molecular weight is 535 g/mol. The van der Waals surface area contributed by atoms with Crippen LogP contribution < -0.4 is 5.32 Å². The predicted octanol–water partition coefficient (Wildman–Crippen LogP) is 3.63. The third-order valence-corrected chi connectivity index (χ3v) is 9.64. The number of hydrogen-bond donors (Lipinski definition) is 1. The highest BCUT2D eigenvalue weighted by Crippen LogP contribution is 2.33. The van der Waals surface area contributed by atoms with Crippen LogP contribution in [0.15, 0.2) is 36.8 Å². The first-order chi connectivity index (χ1) is 17.0. The first kappa shape index (κ1) is 26.8. The summed E-state index contributed by atoms with van der Waals surface area (Å²) >= 11 is 0. The van der Waals surface area contributed by atoms with E-state index < -0.39 is 20.1 Å². The van der Waals surface area contributed by atoms with Crippen LogP contribution in [0.2, 0.25) is 0 Å². The topological polar surface area (TPSA) is 102 Å². The lowest BCUT2D eigenvalue weighted by Crippen LogP contribution is -2.34. The Kier molecular flexibility index (Phi) is 8.23. The number of pyridine rings is 1. The standard InChI is InChI=1S/C25H38N6O3S2/c1-19(2)17-36(32,33)31-12-8-20(16-31)28-24-21(7-6-10-26-24)23-15-27-25-22(29-23)9-11-30(25)18-34-13-14-35(3,4)5/h6-7,9-11,15,19-20H,8,12-14,16-18H2,1-5H3,(H,26,28). The molecule has 4 rings (SSSR count). The van der Waals surface area contributed by atoms with Crippen molar-refractivity contribution < 1.29 is 13.2 Å². The number of aromatic nitrogens is 4. The molecular weight excluding hydrogens is 496 g/mol. The maximum Gasteiger partial charge on any atom is 0.214 e. The molecule has 1 atom stereocenters. The SMILES string of the molecule is CC(C)CS(=O)(=O)N1CCC(Nc2ncccc2-c2cnc3c(ccn3COCCS(C)(C)C)n2)C1. The van der Waals surface area contributed by atoms with Gasteiger partial charge in [0.1, 0.15) is 18.1 Å². The van der Waals surface area contributed by atoms with Crippen LogP contribution in [-0.2, 0) is 21.5 Å². The molecule has 0 bridgehead atoms. The molecule has 1 aliphatic heterocycles. The molecule has 0 aromatic carbocycles. The number of fused-ring (bicyclic) bond motifs is 1. The normalized spacial score (nSPS) is 17.8. The molecular formula is C25H38N6O3S2. The maximum atomic E-state index is 12.6. The van der Waals surface area contributed by atoms with Crippen LogP contribution in [0.4, 0.5) is 5.82 Å². The van der Waals surface area contributed by atoms with Gasteiger partial charge in [0.25, 0.3) is 0 Å². The van der Waals surface area contributed by atoms with Crippen molar-refractivity contribution in [1.82, 2.24) is 23.8 Å². The highest BCUT2D eigenvalue weighted by molar-refractivity contribution is 8.32. The van der Waals surface area contributed by atoms with Gasteiger partial charge in [0.05, 0.1) is 24.3 Å². The summed E-state index contributed by atoms with van der Waals surface area (Å²) in [6.45, 7) is 5.99. The van der Waals surface area contributed by atoms with E-state index in [0.717, 1.165) is 41.2 Å². The molecule has 0 aliphatic carbocycles. The molecule has 0 saturated carbocycles. The molecule has 1 unspecified atom stereocenters. The summed E-state index contributed by atoms with van der Waals surface area (Å²) in [5, 5.41) is 3.45. The van der Waals surface area contributed by atoms with E-state index in [4.69, 9.17) is 9.72 Å². The molecule has 1 saturated heterocycles. The van der Waals surface area contributed by atoms with E-state index in [1.165, 1.54) is 0 Å². The van der Waals surface area contributed by atoms with Gasteiger partial charge in [-0.05, 0) is 49.3 Å². The van der Waals surface area contributed by atoms with Crippen molar-refractivity contribution in [3.8, 4) is 11.3 Å². The summed E-state index contributed by atoms with van der Waals surface area (Å²) in [4.78, 5) is 14.0. The zero-order chi connectivity index (χ0) is 25.9. The average Bonchev–Trinajstić information content (AvgIpc) is 3.43. The fourth-order valence-electron chi connectivity index (χ4n) is 4.21. The third-order valence-electron chi connectivity index (χ3n) is 6.05. The Morgan fingerprint density at radius 3 is 2.75 bits per heavy atom. The highest BCUT2D eigenvalue weighted by atomic mass is 32.3. The molecule has 0 amide bonds. The smallest absolute Gasteiger partial charge is 0.214 e. The number of nitrogens with one attached hydrogen (secondary N) is 1. The number of rotatable bonds is 11. The van der Waals surface area contributed by atoms with Gasteiger partial charge in [0.15, 0.2) is 5.65 Å². The van der Waals surface area contributed by atoms with Crippen molar-refractivity contribution >= 4 is 37.0 Å². The summed E-state index contributed by atoms with van der Waals surface area (Å²) in [6.07, 6.45) is 13.0. The monoisotopic (exact) mass is 534 g/mol. The van der Waals surface area contributed by atoms with Crippen LogP contribution in [0.3, 0.4) is 0 Å². The van der Waals surface area contributed by atoms with Gasteiger partial charge in [-0.2, -0.15) is 4.31 Å².